The summed E-state index contributed by atoms with van der Waals surface area (Å²) in [6, 6.07) is 3.67. The second-order valence-electron chi connectivity index (χ2n) is 3.39. The zero-order chi connectivity index (χ0) is 13.0. The van der Waals surface area contributed by atoms with Crippen LogP contribution in [0.5, 0.6) is 0 Å². The van der Waals surface area contributed by atoms with Crippen LogP contribution in [-0.4, -0.2) is 15.9 Å². The van der Waals surface area contributed by atoms with Gasteiger partial charge in [-0.3, -0.25) is 9.78 Å². The van der Waals surface area contributed by atoms with E-state index >= 15 is 0 Å². The van der Waals surface area contributed by atoms with Crippen molar-refractivity contribution in [3.05, 3.63) is 52.9 Å². The number of hydrogen-bond acceptors (Lipinski definition) is 4. The summed E-state index contributed by atoms with van der Waals surface area (Å²) in [5.74, 6) is 0.00331. The SMILES string of the molecule is C=Cc1nc(C(=O)NCc2ncccc2Br)co1. The van der Waals surface area contributed by atoms with E-state index in [0.29, 0.717) is 12.4 Å². The van der Waals surface area contributed by atoms with Gasteiger partial charge in [-0.2, -0.15) is 0 Å². The summed E-state index contributed by atoms with van der Waals surface area (Å²) >= 11 is 3.36. The molecule has 2 aromatic heterocycles. The van der Waals surface area contributed by atoms with Crippen LogP contribution in [0.25, 0.3) is 6.08 Å². The number of pyridine rings is 1. The van der Waals surface area contributed by atoms with Crippen molar-refractivity contribution in [1.82, 2.24) is 15.3 Å². The topological polar surface area (TPSA) is 68.0 Å². The zero-order valence-electron chi connectivity index (χ0n) is 9.39. The van der Waals surface area contributed by atoms with Crippen molar-refractivity contribution in [3.8, 4) is 0 Å². The number of amides is 1. The average Bonchev–Trinajstić information content (AvgIpc) is 2.86. The molecule has 0 radical (unpaired) electrons. The van der Waals surface area contributed by atoms with Crippen molar-refractivity contribution in [1.29, 1.82) is 0 Å². The van der Waals surface area contributed by atoms with Crippen molar-refractivity contribution in [2.45, 2.75) is 6.54 Å². The largest absolute Gasteiger partial charge is 0.444 e. The number of hydrogen-bond donors (Lipinski definition) is 1. The quantitative estimate of drug-likeness (QED) is 0.942. The summed E-state index contributed by atoms with van der Waals surface area (Å²) < 4.78 is 5.84. The standard InChI is InChI=1S/C12H10BrN3O2/c1-2-11-16-10(7-18-11)12(17)15-6-9-8(13)4-3-5-14-9/h2-5,7H,1,6H2,(H,15,17). The highest BCUT2D eigenvalue weighted by Crippen LogP contribution is 2.12. The van der Waals surface area contributed by atoms with Crippen LogP contribution in [0.3, 0.4) is 0 Å². The third-order valence-corrected chi connectivity index (χ3v) is 2.90. The number of nitrogens with one attached hydrogen (secondary N) is 1. The number of aromatic nitrogens is 2. The molecule has 0 saturated heterocycles. The third kappa shape index (κ3) is 2.84. The van der Waals surface area contributed by atoms with Crippen molar-refractivity contribution in [3.63, 3.8) is 0 Å². The Kier molecular flexibility index (Phi) is 3.88. The summed E-state index contributed by atoms with van der Waals surface area (Å²) in [5, 5.41) is 2.71. The molecule has 92 valence electrons. The molecule has 0 atom stereocenters. The smallest absolute Gasteiger partial charge is 0.273 e. The molecule has 0 aliphatic heterocycles. The Hall–Kier alpha value is -1.95. The maximum absolute atomic E-state index is 11.7. The van der Waals surface area contributed by atoms with Crippen molar-refractivity contribution >= 4 is 27.9 Å². The van der Waals surface area contributed by atoms with Gasteiger partial charge in [0.25, 0.3) is 5.91 Å². The summed E-state index contributed by atoms with van der Waals surface area (Å²) in [7, 11) is 0. The molecule has 2 aromatic rings. The molecule has 2 rings (SSSR count). The number of carbonyl (C=O) groups excluding carboxylic acids is 1. The molecule has 0 fully saturated rings. The Bertz CT molecular complexity index is 580. The number of carbonyl (C=O) groups is 1. The normalized spacial score (nSPS) is 10.1. The second kappa shape index (κ2) is 5.59. The van der Waals surface area contributed by atoms with E-state index in [2.05, 4.69) is 37.8 Å². The first-order valence-electron chi connectivity index (χ1n) is 5.16. The van der Waals surface area contributed by atoms with Crippen molar-refractivity contribution < 1.29 is 9.21 Å². The highest BCUT2D eigenvalue weighted by molar-refractivity contribution is 9.10. The van der Waals surface area contributed by atoms with Crippen LogP contribution in [-0.2, 0) is 6.54 Å². The molecule has 0 aliphatic rings. The lowest BCUT2D eigenvalue weighted by molar-refractivity contribution is 0.0945. The van der Waals surface area contributed by atoms with Gasteiger partial charge in [-0.05, 0) is 34.1 Å². The number of halogens is 1. The number of nitrogens with zero attached hydrogens (tertiary/aromatic N) is 2. The van der Waals surface area contributed by atoms with Crippen LogP contribution in [0, 0.1) is 0 Å². The first-order chi connectivity index (χ1) is 8.70. The monoisotopic (exact) mass is 307 g/mol. The highest BCUT2D eigenvalue weighted by Gasteiger charge is 2.11. The van der Waals surface area contributed by atoms with Crippen molar-refractivity contribution in [2.24, 2.45) is 0 Å². The van der Waals surface area contributed by atoms with Gasteiger partial charge in [0.15, 0.2) is 5.69 Å². The minimum absolute atomic E-state index is 0.219. The fourth-order valence-electron chi connectivity index (χ4n) is 1.29. The molecule has 0 aliphatic carbocycles. The minimum atomic E-state index is -0.315. The van der Waals surface area contributed by atoms with Gasteiger partial charge in [-0.15, -0.1) is 0 Å². The Balaban J connectivity index is 2.00. The molecule has 0 bridgehead atoms. The average molecular weight is 308 g/mol. The predicted octanol–water partition coefficient (Wildman–Crippen LogP) is 2.41. The number of oxazole rings is 1. The van der Waals surface area contributed by atoms with Crippen LogP contribution >= 0.6 is 15.9 Å². The third-order valence-electron chi connectivity index (χ3n) is 2.18. The van der Waals surface area contributed by atoms with Gasteiger partial charge < -0.3 is 9.73 Å². The molecule has 0 unspecified atom stereocenters. The van der Waals surface area contributed by atoms with Gasteiger partial charge in [0.1, 0.15) is 6.26 Å². The Morgan fingerprint density at radius 2 is 2.44 bits per heavy atom. The highest BCUT2D eigenvalue weighted by atomic mass is 79.9. The molecule has 18 heavy (non-hydrogen) atoms. The molecule has 6 heteroatoms. The Morgan fingerprint density at radius 1 is 1.61 bits per heavy atom. The van der Waals surface area contributed by atoms with Gasteiger partial charge in [0.05, 0.1) is 12.2 Å². The lowest BCUT2D eigenvalue weighted by atomic mass is 10.3. The predicted molar refractivity (Wildman–Crippen MR) is 69.7 cm³/mol. The van der Waals surface area contributed by atoms with E-state index in [-0.39, 0.29) is 11.6 Å². The molecule has 0 saturated carbocycles. The molecule has 1 amide bonds. The minimum Gasteiger partial charge on any atom is -0.444 e. The van der Waals surface area contributed by atoms with E-state index in [1.807, 2.05) is 12.1 Å². The molecule has 0 aromatic carbocycles. The summed E-state index contributed by atoms with van der Waals surface area (Å²) in [6.45, 7) is 3.82. The summed E-state index contributed by atoms with van der Waals surface area (Å²) in [4.78, 5) is 19.8. The van der Waals surface area contributed by atoms with E-state index in [9.17, 15) is 4.79 Å². The van der Waals surface area contributed by atoms with Crippen LogP contribution in [0.4, 0.5) is 0 Å². The van der Waals surface area contributed by atoms with E-state index in [0.717, 1.165) is 10.2 Å². The Morgan fingerprint density at radius 3 is 3.11 bits per heavy atom. The van der Waals surface area contributed by atoms with E-state index < -0.39 is 0 Å². The lowest BCUT2D eigenvalue weighted by Gasteiger charge is -2.03. The summed E-state index contributed by atoms with van der Waals surface area (Å²) in [5.41, 5.74) is 0.968. The van der Waals surface area contributed by atoms with Gasteiger partial charge >= 0.3 is 0 Å². The van der Waals surface area contributed by atoms with E-state index in [4.69, 9.17) is 4.42 Å². The zero-order valence-corrected chi connectivity index (χ0v) is 11.0. The summed E-state index contributed by atoms with van der Waals surface area (Å²) in [6.07, 6.45) is 4.39. The first kappa shape index (κ1) is 12.5. The van der Waals surface area contributed by atoms with Crippen LogP contribution in [0.15, 0.2) is 40.1 Å². The Labute approximate surface area is 112 Å². The molecule has 5 nitrogen and oxygen atoms in total. The van der Waals surface area contributed by atoms with Gasteiger partial charge in [-0.25, -0.2) is 4.98 Å². The van der Waals surface area contributed by atoms with Crippen LogP contribution < -0.4 is 5.32 Å². The van der Waals surface area contributed by atoms with Gasteiger partial charge in [-0.1, -0.05) is 6.58 Å². The van der Waals surface area contributed by atoms with Crippen LogP contribution in [0.1, 0.15) is 22.1 Å². The fraction of sp³-hybridized carbons (Fsp3) is 0.0833. The molecule has 0 spiro atoms. The van der Waals surface area contributed by atoms with E-state index in [1.54, 1.807) is 6.20 Å². The second-order valence-corrected chi connectivity index (χ2v) is 4.24. The van der Waals surface area contributed by atoms with Crippen molar-refractivity contribution in [2.75, 3.05) is 0 Å². The van der Waals surface area contributed by atoms with E-state index in [1.165, 1.54) is 12.3 Å². The lowest BCUT2D eigenvalue weighted by Crippen LogP contribution is -2.23. The van der Waals surface area contributed by atoms with Gasteiger partial charge in [0, 0.05) is 10.7 Å². The number of rotatable bonds is 4. The maximum atomic E-state index is 11.7. The molecular formula is C12H10BrN3O2. The van der Waals surface area contributed by atoms with Gasteiger partial charge in [0.2, 0.25) is 5.89 Å². The molecule has 2 heterocycles. The maximum Gasteiger partial charge on any atom is 0.273 e. The molecular weight excluding hydrogens is 298 g/mol. The first-order valence-corrected chi connectivity index (χ1v) is 5.95. The molecule has 1 N–H and O–H groups in total. The van der Waals surface area contributed by atoms with Crippen LogP contribution in [0.2, 0.25) is 0 Å². The fourth-order valence-corrected chi connectivity index (χ4v) is 1.68.